The minimum Gasteiger partial charge on any atom is -0.283 e. The van der Waals surface area contributed by atoms with Gasteiger partial charge in [-0.05, 0) is 32.0 Å². The van der Waals surface area contributed by atoms with Crippen molar-refractivity contribution in [3.05, 3.63) is 59.7 Å². The largest absolute Gasteiger partial charge is 0.334 e. The zero-order valence-corrected chi connectivity index (χ0v) is 16.9. The maximum absolute atomic E-state index is 15.2. The van der Waals surface area contributed by atoms with Gasteiger partial charge in [-0.1, -0.05) is 0 Å². The second kappa shape index (κ2) is 7.18. The van der Waals surface area contributed by atoms with Crippen molar-refractivity contribution >= 4 is 16.7 Å². The Morgan fingerprint density at radius 1 is 1.13 bits per heavy atom. The maximum Gasteiger partial charge on any atom is 0.334 e. The lowest BCUT2D eigenvalue weighted by Crippen LogP contribution is -2.40. The molecule has 0 bridgehead atoms. The smallest absolute Gasteiger partial charge is 0.283 e. The Balaban J connectivity index is 1.77. The Labute approximate surface area is 174 Å². The van der Waals surface area contributed by atoms with E-state index in [1.54, 1.807) is 17.9 Å². The summed E-state index contributed by atoms with van der Waals surface area (Å²) in [6.45, 7) is 3.86. The molecule has 1 aromatic carbocycles. The molecule has 2 N–H and O–H groups in total. The van der Waals surface area contributed by atoms with Gasteiger partial charge < -0.3 is 0 Å². The topological polar surface area (TPSA) is 101 Å². The van der Waals surface area contributed by atoms with Crippen LogP contribution in [0.4, 0.5) is 13.2 Å². The van der Waals surface area contributed by atoms with E-state index < -0.39 is 28.6 Å². The third-order valence-corrected chi connectivity index (χ3v) is 4.82. The predicted octanol–water partition coefficient (Wildman–Crippen LogP) is 3.45. The number of nitrogens with zero attached hydrogens (tertiary/aromatic N) is 6. The zero-order chi connectivity index (χ0) is 22.5. The number of benzene rings is 1. The number of hydrogen-bond donors (Lipinski definition) is 2. The van der Waals surface area contributed by atoms with Crippen LogP contribution in [0.1, 0.15) is 25.5 Å². The highest BCUT2D eigenvalue weighted by Crippen LogP contribution is 2.34. The lowest BCUT2D eigenvalue weighted by molar-refractivity contribution is 0.0656. The molecule has 8 nitrogen and oxygen atoms in total. The van der Waals surface area contributed by atoms with Gasteiger partial charge in [0.15, 0.2) is 5.84 Å². The SMILES string of the molecule is CC(C)n1cc(-c2ccc(=N)n(C(=N)C(F)(F)c3cc4cn(C)nc4cc3F)n2)cn1. The van der Waals surface area contributed by atoms with E-state index in [-0.39, 0.29) is 17.3 Å². The molecule has 4 aromatic rings. The summed E-state index contributed by atoms with van der Waals surface area (Å²) in [5.74, 6) is -6.57. The molecule has 0 aliphatic heterocycles. The van der Waals surface area contributed by atoms with Gasteiger partial charge in [0.25, 0.3) is 0 Å². The van der Waals surface area contributed by atoms with Crippen molar-refractivity contribution in [3.8, 4) is 11.3 Å². The number of rotatable bonds is 4. The van der Waals surface area contributed by atoms with Crippen molar-refractivity contribution in [3.63, 3.8) is 0 Å². The number of halogens is 3. The van der Waals surface area contributed by atoms with E-state index >= 15 is 8.78 Å². The standard InChI is InChI=1S/C20H19F3N8/c1-11(2)30-10-13(8-26-30)16-4-5-18(24)31(28-16)19(25)20(22,23)14-6-12-9-29(3)27-17(12)7-15(14)21/h4-11,24-25H,1-3H3. The van der Waals surface area contributed by atoms with Crippen LogP contribution in [-0.4, -0.2) is 35.2 Å². The third-order valence-electron chi connectivity index (χ3n) is 4.82. The van der Waals surface area contributed by atoms with E-state index in [1.807, 2.05) is 13.8 Å². The van der Waals surface area contributed by atoms with Crippen LogP contribution in [-0.2, 0) is 13.0 Å². The van der Waals surface area contributed by atoms with Crippen molar-refractivity contribution in [1.82, 2.24) is 29.3 Å². The van der Waals surface area contributed by atoms with Gasteiger partial charge in [0.2, 0.25) is 0 Å². The highest BCUT2D eigenvalue weighted by molar-refractivity contribution is 5.90. The Morgan fingerprint density at radius 3 is 2.55 bits per heavy atom. The molecule has 0 unspecified atom stereocenters. The van der Waals surface area contributed by atoms with Gasteiger partial charge in [-0.2, -0.15) is 28.8 Å². The van der Waals surface area contributed by atoms with Gasteiger partial charge >= 0.3 is 5.92 Å². The molecule has 0 fully saturated rings. The molecule has 0 aliphatic carbocycles. The molecular weight excluding hydrogens is 409 g/mol. The van der Waals surface area contributed by atoms with Crippen LogP contribution in [0.3, 0.4) is 0 Å². The van der Waals surface area contributed by atoms with Crippen LogP contribution >= 0.6 is 0 Å². The minimum absolute atomic E-state index is 0.0873. The summed E-state index contributed by atoms with van der Waals surface area (Å²) in [6, 6.07) is 4.69. The van der Waals surface area contributed by atoms with E-state index in [4.69, 9.17) is 10.8 Å². The van der Waals surface area contributed by atoms with Crippen molar-refractivity contribution in [2.75, 3.05) is 0 Å². The van der Waals surface area contributed by atoms with Crippen LogP contribution in [0.5, 0.6) is 0 Å². The summed E-state index contributed by atoms with van der Waals surface area (Å²) >= 11 is 0. The molecule has 3 aromatic heterocycles. The average molecular weight is 428 g/mol. The number of alkyl halides is 2. The van der Waals surface area contributed by atoms with E-state index in [1.165, 1.54) is 29.2 Å². The zero-order valence-electron chi connectivity index (χ0n) is 16.9. The average Bonchev–Trinajstić information content (AvgIpc) is 3.33. The molecule has 0 spiro atoms. The van der Waals surface area contributed by atoms with Gasteiger partial charge in [0.1, 0.15) is 11.3 Å². The van der Waals surface area contributed by atoms with Crippen LogP contribution in [0.15, 0.2) is 42.9 Å². The highest BCUT2D eigenvalue weighted by atomic mass is 19.3. The molecule has 3 heterocycles. The van der Waals surface area contributed by atoms with Crippen molar-refractivity contribution in [2.24, 2.45) is 7.05 Å². The summed E-state index contributed by atoms with van der Waals surface area (Å²) < 4.78 is 48.5. The molecule has 11 heteroatoms. The molecule has 160 valence electrons. The Kier molecular flexibility index (Phi) is 4.75. The first kappa shape index (κ1) is 20.5. The first-order valence-electron chi connectivity index (χ1n) is 9.38. The van der Waals surface area contributed by atoms with Crippen LogP contribution < -0.4 is 5.49 Å². The van der Waals surface area contributed by atoms with Crippen LogP contribution in [0.2, 0.25) is 0 Å². The monoisotopic (exact) mass is 428 g/mol. The fraction of sp³-hybridized carbons (Fsp3) is 0.250. The van der Waals surface area contributed by atoms with Crippen molar-refractivity contribution in [2.45, 2.75) is 25.8 Å². The summed E-state index contributed by atoms with van der Waals surface area (Å²) in [5.41, 5.74) is -0.396. The summed E-state index contributed by atoms with van der Waals surface area (Å²) in [6.07, 6.45) is 4.69. The third kappa shape index (κ3) is 3.51. The molecule has 0 radical (unpaired) electrons. The van der Waals surface area contributed by atoms with Crippen molar-refractivity contribution in [1.29, 1.82) is 10.8 Å². The van der Waals surface area contributed by atoms with Gasteiger partial charge in [-0.15, -0.1) is 0 Å². The van der Waals surface area contributed by atoms with E-state index in [0.717, 1.165) is 12.1 Å². The van der Waals surface area contributed by atoms with Gasteiger partial charge in [-0.25, -0.2) is 4.39 Å². The van der Waals surface area contributed by atoms with Crippen LogP contribution in [0.25, 0.3) is 22.2 Å². The quantitative estimate of drug-likeness (QED) is 0.385. The molecule has 31 heavy (non-hydrogen) atoms. The summed E-state index contributed by atoms with van der Waals surface area (Å²) in [5, 5.41) is 28.6. The number of nitrogens with one attached hydrogen (secondary N) is 2. The highest BCUT2D eigenvalue weighted by Gasteiger charge is 2.42. The first-order chi connectivity index (χ1) is 14.6. The molecular formula is C20H19F3N8. The normalized spacial score (nSPS) is 12.1. The molecule has 4 rings (SSSR count). The molecule has 0 saturated heterocycles. The minimum atomic E-state index is -4.04. The van der Waals surface area contributed by atoms with Gasteiger partial charge in [0.05, 0.1) is 23.0 Å². The van der Waals surface area contributed by atoms with Gasteiger partial charge in [-0.3, -0.25) is 20.2 Å². The van der Waals surface area contributed by atoms with Crippen molar-refractivity contribution < 1.29 is 13.2 Å². The summed E-state index contributed by atoms with van der Waals surface area (Å²) in [4.78, 5) is 0. The fourth-order valence-electron chi connectivity index (χ4n) is 3.17. The molecule has 0 saturated carbocycles. The summed E-state index contributed by atoms with van der Waals surface area (Å²) in [7, 11) is 1.59. The van der Waals surface area contributed by atoms with E-state index in [2.05, 4.69) is 15.3 Å². The first-order valence-corrected chi connectivity index (χ1v) is 9.38. The lowest BCUT2D eigenvalue weighted by atomic mass is 10.0. The second-order valence-corrected chi connectivity index (χ2v) is 7.44. The van der Waals surface area contributed by atoms with E-state index in [9.17, 15) is 4.39 Å². The van der Waals surface area contributed by atoms with E-state index in [0.29, 0.717) is 15.6 Å². The van der Waals surface area contributed by atoms with Crippen LogP contribution in [0, 0.1) is 16.6 Å². The fourth-order valence-corrected chi connectivity index (χ4v) is 3.17. The molecule has 0 atom stereocenters. The Bertz CT molecular complexity index is 1360. The number of aromatic nitrogens is 6. The maximum atomic E-state index is 15.2. The Morgan fingerprint density at radius 2 is 1.87 bits per heavy atom. The molecule has 0 amide bonds. The number of aryl methyl sites for hydroxylation is 1. The number of fused-ring (bicyclic) bond motifs is 1. The predicted molar refractivity (Wildman–Crippen MR) is 107 cm³/mol. The Hall–Kier alpha value is -3.76. The number of hydrogen-bond acceptors (Lipinski definition) is 5. The molecule has 0 aliphatic rings. The second-order valence-electron chi connectivity index (χ2n) is 7.44. The lowest BCUT2D eigenvalue weighted by Gasteiger charge is -2.19. The van der Waals surface area contributed by atoms with Gasteiger partial charge in [0, 0.05) is 42.5 Å².